The summed E-state index contributed by atoms with van der Waals surface area (Å²) in [5.41, 5.74) is 0.156. The number of benzene rings is 2. The number of aliphatic hydroxyl groups excluding tert-OH is 1. The lowest BCUT2D eigenvalue weighted by atomic mass is 9.87. The molecule has 2 saturated heterocycles. The van der Waals surface area contributed by atoms with Crippen LogP contribution in [0, 0.1) is 11.3 Å². The van der Waals surface area contributed by atoms with Crippen LogP contribution < -0.4 is 25.2 Å². The van der Waals surface area contributed by atoms with E-state index in [0.717, 1.165) is 16.9 Å². The molecule has 3 aliphatic heterocycles. The number of ether oxygens (including phenoxy) is 4. The first-order valence-corrected chi connectivity index (χ1v) is 18.7. The number of carbonyl (C=O) groups is 2. The van der Waals surface area contributed by atoms with Crippen molar-refractivity contribution in [3.63, 3.8) is 0 Å². The predicted molar refractivity (Wildman–Crippen MR) is 181 cm³/mol. The molecule has 2 aromatic rings. The summed E-state index contributed by atoms with van der Waals surface area (Å²) in [5.74, 6) is 0.466. The van der Waals surface area contributed by atoms with Crippen LogP contribution in [0.15, 0.2) is 53.4 Å². The van der Waals surface area contributed by atoms with Crippen LogP contribution >= 0.6 is 0 Å². The summed E-state index contributed by atoms with van der Waals surface area (Å²) in [5, 5.41) is 30.6. The van der Waals surface area contributed by atoms with Crippen LogP contribution in [0.1, 0.15) is 52.0 Å². The first-order chi connectivity index (χ1) is 23.9. The second-order valence-electron chi connectivity index (χ2n) is 13.9. The second-order valence-corrected chi connectivity index (χ2v) is 15.8. The van der Waals surface area contributed by atoms with E-state index in [1.807, 2.05) is 51.1 Å². The normalized spacial score (nSPS) is 21.1. The highest BCUT2D eigenvalue weighted by Crippen LogP contribution is 2.38. The van der Waals surface area contributed by atoms with Crippen molar-refractivity contribution < 1.29 is 47.2 Å². The van der Waals surface area contributed by atoms with E-state index in [1.54, 1.807) is 0 Å². The number of fused-ring (bicyclic) bond motifs is 2. The first kappa shape index (κ1) is 37.6. The molecule has 3 N–H and O–H groups in total. The molecule has 276 valence electrons. The molecule has 14 nitrogen and oxygen atoms in total. The molecule has 0 aliphatic carbocycles. The number of nitrogens with one attached hydrogen (secondary N) is 2. The number of urea groups is 1. The Kier molecular flexibility index (Phi) is 12.5. The van der Waals surface area contributed by atoms with Crippen molar-refractivity contribution in [1.29, 1.82) is 0 Å². The van der Waals surface area contributed by atoms with E-state index >= 15 is 0 Å². The van der Waals surface area contributed by atoms with Gasteiger partial charge in [0, 0.05) is 38.2 Å². The number of sulfonamides is 1. The van der Waals surface area contributed by atoms with Gasteiger partial charge in [-0.15, -0.1) is 0 Å². The lowest BCUT2D eigenvalue weighted by Crippen LogP contribution is -2.61. The van der Waals surface area contributed by atoms with Gasteiger partial charge >= 0.3 is 6.03 Å². The van der Waals surface area contributed by atoms with E-state index < -0.39 is 52.6 Å². The number of carbonyl (C=O) groups excluding carboxylic acids is 2. The number of hydrogen-bond donors (Lipinski definition) is 3. The monoisotopic (exact) mass is 717 g/mol. The Hall–Kier alpha value is -3.63. The zero-order valence-corrected chi connectivity index (χ0v) is 29.7. The van der Waals surface area contributed by atoms with Gasteiger partial charge in [0.15, 0.2) is 17.8 Å². The van der Waals surface area contributed by atoms with Gasteiger partial charge < -0.3 is 49.5 Å². The topological polar surface area (TPSA) is 179 Å². The average Bonchev–Trinajstić information content (AvgIpc) is 3.84. The second kappa shape index (κ2) is 16.6. The minimum absolute atomic E-state index is 0.00266. The molecule has 3 heterocycles. The average molecular weight is 718 g/mol. The van der Waals surface area contributed by atoms with Crippen molar-refractivity contribution in [2.75, 3.05) is 46.2 Å². The lowest BCUT2D eigenvalue weighted by Gasteiger charge is -2.43. The van der Waals surface area contributed by atoms with Gasteiger partial charge in [0.1, 0.15) is 6.09 Å². The third kappa shape index (κ3) is 9.18. The van der Waals surface area contributed by atoms with Crippen LogP contribution in [0.3, 0.4) is 0 Å². The fourth-order valence-corrected chi connectivity index (χ4v) is 8.57. The molecule has 5 atom stereocenters. The molecule has 0 spiro atoms. The van der Waals surface area contributed by atoms with Crippen molar-refractivity contribution in [3.05, 3.63) is 54.1 Å². The Morgan fingerprint density at radius 1 is 1.06 bits per heavy atom. The molecule has 0 unspecified atom stereocenters. The molecular weight excluding hydrogens is 668 g/mol. The van der Waals surface area contributed by atoms with Crippen molar-refractivity contribution in [2.45, 2.75) is 82.2 Å². The van der Waals surface area contributed by atoms with Gasteiger partial charge in [-0.05, 0) is 55.2 Å². The molecule has 2 fully saturated rings. The van der Waals surface area contributed by atoms with Gasteiger partial charge in [-0.2, -0.15) is 4.31 Å². The summed E-state index contributed by atoms with van der Waals surface area (Å²) < 4.78 is 52.4. The fourth-order valence-electron chi connectivity index (χ4n) is 6.91. The van der Waals surface area contributed by atoms with Crippen molar-refractivity contribution in [2.24, 2.45) is 11.3 Å². The Morgan fingerprint density at radius 3 is 2.54 bits per heavy atom. The maximum Gasteiger partial charge on any atom is 0.314 e. The summed E-state index contributed by atoms with van der Waals surface area (Å²) in [4.78, 5) is 26.0. The highest BCUT2D eigenvalue weighted by molar-refractivity contribution is 7.89. The quantitative estimate of drug-likeness (QED) is 0.206. The molecule has 0 bridgehead atoms. The third-order valence-corrected chi connectivity index (χ3v) is 11.3. The lowest BCUT2D eigenvalue weighted by molar-refractivity contribution is -0.273. The van der Waals surface area contributed by atoms with Crippen molar-refractivity contribution >= 4 is 22.1 Å². The Morgan fingerprint density at radius 2 is 1.80 bits per heavy atom. The van der Waals surface area contributed by atoms with Gasteiger partial charge in [0.25, 0.3) is 0 Å². The summed E-state index contributed by atoms with van der Waals surface area (Å²) in [6, 6.07) is 11.5. The van der Waals surface area contributed by atoms with Gasteiger partial charge in [-0.25, -0.2) is 13.2 Å². The standard InChI is InChI=1S/C35H50N4O10S/c1-4-15-36-33(41)37-16-8-14-35(2,3)22-38(50(44,45)25-11-12-30-31(19-25)49-23-48-30)20-29(40)27(18-24-9-6-5-7-10-24)39(34(42)43)28-21-47-32-26(28)13-17-46-32/h5-7,9-12,19,26-29,32,40H,4,8,13-18,20-23H2,1-3H3,(H,42,43)(H2,36,37,41)/p-1/t26-,27-,28-,29+,32+/m0/s1. The zero-order chi connectivity index (χ0) is 35.9. The van der Waals surface area contributed by atoms with E-state index in [2.05, 4.69) is 10.6 Å². The van der Waals surface area contributed by atoms with Crippen LogP contribution in [-0.2, 0) is 25.9 Å². The molecule has 0 radical (unpaired) electrons. The van der Waals surface area contributed by atoms with E-state index in [1.165, 1.54) is 22.5 Å². The minimum Gasteiger partial charge on any atom is -0.530 e. The minimum atomic E-state index is -4.26. The van der Waals surface area contributed by atoms with E-state index in [-0.39, 0.29) is 49.0 Å². The van der Waals surface area contributed by atoms with Gasteiger partial charge in [0.2, 0.25) is 16.8 Å². The number of hydrogen-bond acceptors (Lipinski definition) is 10. The Bertz CT molecular complexity index is 1560. The van der Waals surface area contributed by atoms with Crippen LogP contribution in [0.2, 0.25) is 0 Å². The third-order valence-electron chi connectivity index (χ3n) is 9.49. The molecular formula is C35H49N4O10S-. The molecule has 2 aromatic carbocycles. The summed E-state index contributed by atoms with van der Waals surface area (Å²) >= 11 is 0. The summed E-state index contributed by atoms with van der Waals surface area (Å²) in [7, 11) is -4.26. The van der Waals surface area contributed by atoms with Crippen LogP contribution in [-0.4, -0.2) is 106 Å². The molecule has 0 aromatic heterocycles. The number of aliphatic hydroxyl groups is 1. The maximum absolute atomic E-state index is 14.4. The van der Waals surface area contributed by atoms with Gasteiger partial charge in [-0.1, -0.05) is 51.1 Å². The van der Waals surface area contributed by atoms with Crippen LogP contribution in [0.25, 0.3) is 0 Å². The predicted octanol–water partition coefficient (Wildman–Crippen LogP) is 2.30. The molecule has 3 amide bonds. The molecule has 15 heteroatoms. The number of amides is 3. The SMILES string of the molecule is CCCNC(=O)NCCCC(C)(C)CN(C[C@@H](O)[C@H](Cc1ccccc1)N(C(=O)[O-])[C@H]1CO[C@H]2OCC[C@H]21)S(=O)(=O)c1ccc2c(c1)OCO2. The number of carboxylic acid groups (broad SMARTS) is 1. The van der Waals surface area contributed by atoms with Crippen molar-refractivity contribution in [3.8, 4) is 11.5 Å². The Balaban J connectivity index is 1.42. The molecule has 50 heavy (non-hydrogen) atoms. The summed E-state index contributed by atoms with van der Waals surface area (Å²) in [6.07, 6.45) is -0.854. The van der Waals surface area contributed by atoms with E-state index in [0.29, 0.717) is 44.7 Å². The largest absolute Gasteiger partial charge is 0.530 e. The van der Waals surface area contributed by atoms with Gasteiger partial charge in [0.05, 0.1) is 36.3 Å². The fraction of sp³-hybridized carbons (Fsp3) is 0.600. The Labute approximate surface area is 294 Å². The highest BCUT2D eigenvalue weighted by Gasteiger charge is 2.47. The van der Waals surface area contributed by atoms with Crippen LogP contribution in [0.4, 0.5) is 9.59 Å². The molecule has 5 rings (SSSR count). The zero-order valence-electron chi connectivity index (χ0n) is 28.9. The number of nitrogens with zero attached hydrogens (tertiary/aromatic N) is 2. The first-order valence-electron chi connectivity index (χ1n) is 17.3. The highest BCUT2D eigenvalue weighted by atomic mass is 32.2. The van der Waals surface area contributed by atoms with Gasteiger partial charge in [-0.3, -0.25) is 0 Å². The number of rotatable bonds is 17. The smallest absolute Gasteiger partial charge is 0.314 e. The maximum atomic E-state index is 14.4. The van der Waals surface area contributed by atoms with Crippen molar-refractivity contribution in [1.82, 2.24) is 19.8 Å². The van der Waals surface area contributed by atoms with E-state index in [9.17, 15) is 28.2 Å². The molecule has 0 saturated carbocycles. The van der Waals surface area contributed by atoms with E-state index in [4.69, 9.17) is 18.9 Å². The summed E-state index contributed by atoms with van der Waals surface area (Å²) in [6.45, 7) is 6.82. The molecule has 3 aliphatic rings. The van der Waals surface area contributed by atoms with Crippen LogP contribution in [0.5, 0.6) is 11.5 Å².